The molecule has 0 saturated carbocycles. The fourth-order valence-electron chi connectivity index (χ4n) is 2.93. The fourth-order valence-corrected chi connectivity index (χ4v) is 3.11. The molecule has 4 nitrogen and oxygen atoms in total. The van der Waals surface area contributed by atoms with Crippen LogP contribution in [0.3, 0.4) is 0 Å². The number of aromatic nitrogens is 1. The van der Waals surface area contributed by atoms with Crippen LogP contribution in [-0.2, 0) is 0 Å². The summed E-state index contributed by atoms with van der Waals surface area (Å²) in [4.78, 5) is 25.8. The van der Waals surface area contributed by atoms with E-state index in [1.54, 1.807) is 48.5 Å². The third-order valence-electron chi connectivity index (χ3n) is 4.19. The molecule has 0 aliphatic carbocycles. The van der Waals surface area contributed by atoms with Crippen molar-refractivity contribution >= 4 is 28.3 Å². The summed E-state index contributed by atoms with van der Waals surface area (Å²) in [6, 6.07) is 22.8. The molecule has 0 fully saturated rings. The predicted molar refractivity (Wildman–Crippen MR) is 106 cm³/mol. The van der Waals surface area contributed by atoms with Gasteiger partial charge in [0.25, 0.3) is 5.56 Å². The maximum atomic E-state index is 12.9. The van der Waals surface area contributed by atoms with Crippen LogP contribution >= 0.6 is 11.6 Å². The number of hydrogen-bond donors (Lipinski definition) is 0. The fraction of sp³-hybridized carbons (Fsp3) is 0. The molecular weight excluding hydrogens is 362 g/mol. The third kappa shape index (κ3) is 3.35. The summed E-state index contributed by atoms with van der Waals surface area (Å²) >= 11 is 5.96. The average molecular weight is 376 g/mol. The van der Waals surface area contributed by atoms with Gasteiger partial charge in [-0.2, -0.15) is 0 Å². The van der Waals surface area contributed by atoms with E-state index in [0.29, 0.717) is 32.8 Å². The van der Waals surface area contributed by atoms with E-state index in [0.717, 1.165) is 0 Å². The minimum Gasteiger partial charge on any atom is -0.423 e. The Labute approximate surface area is 160 Å². The lowest BCUT2D eigenvalue weighted by Crippen LogP contribution is -2.21. The largest absolute Gasteiger partial charge is 0.423 e. The third-order valence-corrected chi connectivity index (χ3v) is 4.42. The maximum absolute atomic E-state index is 12.9. The van der Waals surface area contributed by atoms with E-state index in [1.165, 1.54) is 10.8 Å². The number of carbonyl (C=O) groups excluding carboxylic acids is 1. The number of esters is 1. The summed E-state index contributed by atoms with van der Waals surface area (Å²) in [5.74, 6) is -0.216. The summed E-state index contributed by atoms with van der Waals surface area (Å²) in [7, 11) is 0. The van der Waals surface area contributed by atoms with Crippen molar-refractivity contribution in [1.29, 1.82) is 0 Å². The van der Waals surface area contributed by atoms with Gasteiger partial charge in [-0.3, -0.25) is 9.36 Å². The second kappa shape index (κ2) is 7.09. The lowest BCUT2D eigenvalue weighted by Gasteiger charge is -2.12. The van der Waals surface area contributed by atoms with Crippen LogP contribution in [0.25, 0.3) is 16.5 Å². The van der Waals surface area contributed by atoms with Gasteiger partial charge in [-0.1, -0.05) is 54.1 Å². The first-order valence-corrected chi connectivity index (χ1v) is 8.69. The molecule has 132 valence electrons. The SMILES string of the molecule is O=C(Oc1cccc(Cl)c1)c1cn(-c2ccccc2)c(=O)c2ccccc12. The maximum Gasteiger partial charge on any atom is 0.345 e. The van der Waals surface area contributed by atoms with Crippen molar-refractivity contribution in [1.82, 2.24) is 4.57 Å². The zero-order chi connectivity index (χ0) is 18.8. The molecule has 27 heavy (non-hydrogen) atoms. The zero-order valence-electron chi connectivity index (χ0n) is 14.1. The molecule has 0 radical (unpaired) electrons. The highest BCUT2D eigenvalue weighted by atomic mass is 35.5. The molecule has 0 unspecified atom stereocenters. The van der Waals surface area contributed by atoms with Crippen LogP contribution in [0.4, 0.5) is 0 Å². The molecule has 0 aliphatic rings. The van der Waals surface area contributed by atoms with Crippen LogP contribution in [-0.4, -0.2) is 10.5 Å². The van der Waals surface area contributed by atoms with Gasteiger partial charge in [0.2, 0.25) is 0 Å². The quantitative estimate of drug-likeness (QED) is 0.379. The van der Waals surface area contributed by atoms with Crippen LogP contribution in [0.15, 0.2) is 89.9 Å². The van der Waals surface area contributed by atoms with Crippen LogP contribution < -0.4 is 10.3 Å². The molecule has 0 saturated heterocycles. The normalized spacial score (nSPS) is 10.7. The highest BCUT2D eigenvalue weighted by Gasteiger charge is 2.17. The zero-order valence-corrected chi connectivity index (χ0v) is 14.9. The Bertz CT molecular complexity index is 1200. The summed E-state index contributed by atoms with van der Waals surface area (Å²) in [6.07, 6.45) is 1.52. The lowest BCUT2D eigenvalue weighted by atomic mass is 10.1. The Hall–Kier alpha value is -3.37. The molecule has 0 aliphatic heterocycles. The molecule has 0 bridgehead atoms. The van der Waals surface area contributed by atoms with Gasteiger partial charge in [-0.05, 0) is 36.4 Å². The molecule has 0 amide bonds. The van der Waals surface area contributed by atoms with Crippen LogP contribution in [0.2, 0.25) is 5.02 Å². The first-order valence-electron chi connectivity index (χ1n) is 8.31. The molecule has 4 rings (SSSR count). The van der Waals surface area contributed by atoms with E-state index in [4.69, 9.17) is 16.3 Å². The number of nitrogens with zero attached hydrogens (tertiary/aromatic N) is 1. The summed E-state index contributed by atoms with van der Waals surface area (Å²) in [5.41, 5.74) is 0.773. The summed E-state index contributed by atoms with van der Waals surface area (Å²) in [5, 5.41) is 1.46. The van der Waals surface area contributed by atoms with Gasteiger partial charge in [0.05, 0.1) is 5.56 Å². The van der Waals surface area contributed by atoms with Gasteiger partial charge >= 0.3 is 5.97 Å². The van der Waals surface area contributed by atoms with Crippen molar-refractivity contribution in [2.24, 2.45) is 0 Å². The molecular formula is C22H14ClNO3. The highest BCUT2D eigenvalue weighted by molar-refractivity contribution is 6.30. The number of benzene rings is 3. The van der Waals surface area contributed by atoms with Crippen molar-refractivity contribution in [3.8, 4) is 11.4 Å². The molecule has 5 heteroatoms. The van der Waals surface area contributed by atoms with Gasteiger partial charge in [0.1, 0.15) is 5.75 Å². The highest BCUT2D eigenvalue weighted by Crippen LogP contribution is 2.22. The first-order chi connectivity index (χ1) is 13.1. The Kier molecular flexibility index (Phi) is 4.48. The minimum atomic E-state index is -0.557. The van der Waals surface area contributed by atoms with E-state index in [-0.39, 0.29) is 5.56 Å². The van der Waals surface area contributed by atoms with Gasteiger partial charge in [0, 0.05) is 27.7 Å². The number of ether oxygens (including phenoxy) is 1. The van der Waals surface area contributed by atoms with Crippen molar-refractivity contribution in [3.05, 3.63) is 106 Å². The number of fused-ring (bicyclic) bond motifs is 1. The van der Waals surface area contributed by atoms with E-state index >= 15 is 0 Å². The smallest absolute Gasteiger partial charge is 0.345 e. The standard InChI is InChI=1S/C22H14ClNO3/c23-15-7-6-10-17(13-15)27-22(26)20-14-24(16-8-2-1-3-9-16)21(25)19-12-5-4-11-18(19)20/h1-14H. The number of pyridine rings is 1. The molecule has 1 heterocycles. The second-order valence-corrected chi connectivity index (χ2v) is 6.38. The number of halogens is 1. The van der Waals surface area contributed by atoms with Gasteiger partial charge < -0.3 is 4.74 Å². The second-order valence-electron chi connectivity index (χ2n) is 5.95. The van der Waals surface area contributed by atoms with Gasteiger partial charge in [-0.25, -0.2) is 4.79 Å². The van der Waals surface area contributed by atoms with E-state index in [9.17, 15) is 9.59 Å². The van der Waals surface area contributed by atoms with Crippen LogP contribution in [0, 0.1) is 0 Å². The average Bonchev–Trinajstić information content (AvgIpc) is 2.69. The Morgan fingerprint density at radius 1 is 0.852 bits per heavy atom. The molecule has 1 aromatic heterocycles. The number of hydrogen-bond acceptors (Lipinski definition) is 3. The Morgan fingerprint density at radius 3 is 2.30 bits per heavy atom. The van der Waals surface area contributed by atoms with Crippen molar-refractivity contribution < 1.29 is 9.53 Å². The summed E-state index contributed by atoms with van der Waals surface area (Å²) in [6.45, 7) is 0. The lowest BCUT2D eigenvalue weighted by molar-refractivity contribution is 0.0736. The summed E-state index contributed by atoms with van der Waals surface area (Å²) < 4.78 is 6.94. The minimum absolute atomic E-state index is 0.198. The Balaban J connectivity index is 1.88. The van der Waals surface area contributed by atoms with Gasteiger partial charge in [-0.15, -0.1) is 0 Å². The van der Waals surface area contributed by atoms with E-state index < -0.39 is 5.97 Å². The molecule has 0 N–H and O–H groups in total. The Morgan fingerprint density at radius 2 is 1.56 bits per heavy atom. The topological polar surface area (TPSA) is 48.3 Å². The predicted octanol–water partition coefficient (Wildman–Crippen LogP) is 4.86. The first kappa shape index (κ1) is 17.1. The van der Waals surface area contributed by atoms with Crippen LogP contribution in [0.5, 0.6) is 5.75 Å². The molecule has 0 spiro atoms. The monoisotopic (exact) mass is 375 g/mol. The molecule has 4 aromatic rings. The van der Waals surface area contributed by atoms with Crippen molar-refractivity contribution in [2.75, 3.05) is 0 Å². The van der Waals surface area contributed by atoms with Gasteiger partial charge in [0.15, 0.2) is 0 Å². The van der Waals surface area contributed by atoms with E-state index in [1.807, 2.05) is 30.3 Å². The number of para-hydroxylation sites is 1. The van der Waals surface area contributed by atoms with Crippen LogP contribution in [0.1, 0.15) is 10.4 Å². The number of carbonyl (C=O) groups is 1. The van der Waals surface area contributed by atoms with Crippen molar-refractivity contribution in [3.63, 3.8) is 0 Å². The molecule has 0 atom stereocenters. The van der Waals surface area contributed by atoms with Crippen molar-refractivity contribution in [2.45, 2.75) is 0 Å². The number of rotatable bonds is 3. The molecule has 3 aromatic carbocycles. The van der Waals surface area contributed by atoms with E-state index in [2.05, 4.69) is 0 Å².